The molecule has 24 heavy (non-hydrogen) atoms. The number of sulfonamides is 1. The molecule has 1 rings (SSSR count). The summed E-state index contributed by atoms with van der Waals surface area (Å²) in [6.45, 7) is 1.81. The third kappa shape index (κ3) is 5.59. The van der Waals surface area contributed by atoms with E-state index in [4.69, 9.17) is 0 Å². The number of carbonyl (C=O) groups excluding carboxylic acids is 2. The van der Waals surface area contributed by atoms with Gasteiger partial charge in [0.25, 0.3) is 0 Å². The maximum Gasteiger partial charge on any atom is 0.240 e. The maximum absolute atomic E-state index is 12.0. The van der Waals surface area contributed by atoms with Crippen molar-refractivity contribution in [3.8, 4) is 0 Å². The van der Waals surface area contributed by atoms with E-state index in [0.29, 0.717) is 11.3 Å². The molecule has 0 aromatic heterocycles. The predicted octanol–water partition coefficient (Wildman–Crippen LogP) is -0.138. The molecule has 0 spiro atoms. The van der Waals surface area contributed by atoms with Gasteiger partial charge in [0, 0.05) is 19.8 Å². The SMILES string of the molecule is CNS(=O)(=O)c1cc(NC(=O)CN(C)CC(=O)N(C)C)ccc1C. The molecule has 0 aliphatic carbocycles. The smallest absolute Gasteiger partial charge is 0.240 e. The highest BCUT2D eigenvalue weighted by atomic mass is 32.2. The highest BCUT2D eigenvalue weighted by Gasteiger charge is 2.16. The van der Waals surface area contributed by atoms with Gasteiger partial charge in [0.2, 0.25) is 21.8 Å². The van der Waals surface area contributed by atoms with E-state index in [0.717, 1.165) is 0 Å². The molecule has 0 bridgehead atoms. The van der Waals surface area contributed by atoms with Crippen LogP contribution in [0.2, 0.25) is 0 Å². The fourth-order valence-electron chi connectivity index (χ4n) is 1.95. The molecule has 0 fully saturated rings. The predicted molar refractivity (Wildman–Crippen MR) is 92.2 cm³/mol. The second kappa shape index (κ2) is 8.22. The minimum atomic E-state index is -3.60. The number of anilines is 1. The first kappa shape index (κ1) is 20.1. The van der Waals surface area contributed by atoms with Gasteiger partial charge in [0.05, 0.1) is 18.0 Å². The molecule has 2 amide bonds. The van der Waals surface area contributed by atoms with E-state index in [1.165, 1.54) is 18.0 Å². The third-order valence-corrected chi connectivity index (χ3v) is 4.90. The van der Waals surface area contributed by atoms with Gasteiger partial charge in [-0.05, 0) is 38.7 Å². The summed E-state index contributed by atoms with van der Waals surface area (Å²) < 4.78 is 26.1. The second-order valence-electron chi connectivity index (χ2n) is 5.70. The molecule has 134 valence electrons. The normalized spacial score (nSPS) is 11.4. The molecule has 0 unspecified atom stereocenters. The van der Waals surface area contributed by atoms with Gasteiger partial charge in [-0.2, -0.15) is 0 Å². The summed E-state index contributed by atoms with van der Waals surface area (Å²) in [5, 5.41) is 2.64. The highest BCUT2D eigenvalue weighted by Crippen LogP contribution is 2.19. The molecular weight excluding hydrogens is 332 g/mol. The zero-order chi connectivity index (χ0) is 18.5. The molecule has 2 N–H and O–H groups in total. The van der Waals surface area contributed by atoms with Crippen LogP contribution in [-0.2, 0) is 19.6 Å². The molecule has 0 aliphatic rings. The summed E-state index contributed by atoms with van der Waals surface area (Å²) in [6, 6.07) is 4.66. The van der Waals surface area contributed by atoms with Crippen LogP contribution in [0.4, 0.5) is 5.69 Å². The Bertz CT molecular complexity index is 716. The van der Waals surface area contributed by atoms with Crippen LogP contribution in [0.25, 0.3) is 0 Å². The van der Waals surface area contributed by atoms with Crippen molar-refractivity contribution < 1.29 is 18.0 Å². The summed E-state index contributed by atoms with van der Waals surface area (Å²) in [6.07, 6.45) is 0. The number of aryl methyl sites for hydroxylation is 1. The molecule has 0 radical (unpaired) electrons. The van der Waals surface area contributed by atoms with Gasteiger partial charge in [-0.3, -0.25) is 14.5 Å². The summed E-state index contributed by atoms with van der Waals surface area (Å²) in [5.41, 5.74) is 0.961. The maximum atomic E-state index is 12.0. The molecule has 0 saturated carbocycles. The zero-order valence-electron chi connectivity index (χ0n) is 14.6. The van der Waals surface area contributed by atoms with Crippen LogP contribution in [0.1, 0.15) is 5.56 Å². The van der Waals surface area contributed by atoms with E-state index in [1.807, 2.05) is 0 Å². The number of nitrogens with zero attached hydrogens (tertiary/aromatic N) is 2. The van der Waals surface area contributed by atoms with E-state index in [-0.39, 0.29) is 29.8 Å². The summed E-state index contributed by atoms with van der Waals surface area (Å²) in [4.78, 5) is 26.8. The van der Waals surface area contributed by atoms with Gasteiger partial charge in [-0.25, -0.2) is 13.1 Å². The second-order valence-corrected chi connectivity index (χ2v) is 7.55. The summed E-state index contributed by atoms with van der Waals surface area (Å²) >= 11 is 0. The van der Waals surface area contributed by atoms with E-state index in [1.54, 1.807) is 45.1 Å². The number of hydrogen-bond donors (Lipinski definition) is 2. The minimum absolute atomic E-state index is 0.0154. The van der Waals surface area contributed by atoms with Gasteiger partial charge in [-0.1, -0.05) is 6.07 Å². The van der Waals surface area contributed by atoms with Crippen LogP contribution >= 0.6 is 0 Å². The van der Waals surface area contributed by atoms with Crippen molar-refractivity contribution in [1.82, 2.24) is 14.5 Å². The first-order chi connectivity index (χ1) is 11.1. The van der Waals surface area contributed by atoms with Crippen LogP contribution < -0.4 is 10.0 Å². The number of benzene rings is 1. The van der Waals surface area contributed by atoms with Crippen molar-refractivity contribution in [2.24, 2.45) is 0 Å². The first-order valence-electron chi connectivity index (χ1n) is 7.29. The highest BCUT2D eigenvalue weighted by molar-refractivity contribution is 7.89. The van der Waals surface area contributed by atoms with Gasteiger partial charge < -0.3 is 10.2 Å². The molecule has 0 saturated heterocycles. The lowest BCUT2D eigenvalue weighted by Gasteiger charge is -2.18. The standard InChI is InChI=1S/C15H24N4O4S/c1-11-6-7-12(8-13(11)24(22,23)16-2)17-14(20)9-19(5)10-15(21)18(3)4/h6-8,16H,9-10H2,1-5H3,(H,17,20). The largest absolute Gasteiger partial charge is 0.348 e. The molecule has 0 aliphatic heterocycles. The van der Waals surface area contributed by atoms with E-state index >= 15 is 0 Å². The van der Waals surface area contributed by atoms with Crippen molar-refractivity contribution in [2.75, 3.05) is 46.6 Å². The van der Waals surface area contributed by atoms with Crippen LogP contribution in [-0.4, -0.2) is 71.3 Å². The van der Waals surface area contributed by atoms with Crippen molar-refractivity contribution in [3.05, 3.63) is 23.8 Å². The average molecular weight is 356 g/mol. The van der Waals surface area contributed by atoms with Crippen molar-refractivity contribution >= 4 is 27.5 Å². The van der Waals surface area contributed by atoms with Gasteiger partial charge in [-0.15, -0.1) is 0 Å². The quantitative estimate of drug-likeness (QED) is 0.709. The Morgan fingerprint density at radius 1 is 1.12 bits per heavy atom. The van der Waals surface area contributed by atoms with Crippen LogP contribution in [0.3, 0.4) is 0 Å². The zero-order valence-corrected chi connectivity index (χ0v) is 15.4. The van der Waals surface area contributed by atoms with Gasteiger partial charge >= 0.3 is 0 Å². The van der Waals surface area contributed by atoms with Crippen molar-refractivity contribution in [3.63, 3.8) is 0 Å². The first-order valence-corrected chi connectivity index (χ1v) is 8.78. The monoisotopic (exact) mass is 356 g/mol. The summed E-state index contributed by atoms with van der Waals surface area (Å²) in [7, 11) is 2.68. The van der Waals surface area contributed by atoms with Crippen LogP contribution in [0.5, 0.6) is 0 Å². The van der Waals surface area contributed by atoms with E-state index in [9.17, 15) is 18.0 Å². The van der Waals surface area contributed by atoms with Crippen LogP contribution in [0.15, 0.2) is 23.1 Å². The fraction of sp³-hybridized carbons (Fsp3) is 0.467. The van der Waals surface area contributed by atoms with Gasteiger partial charge in [0.1, 0.15) is 0 Å². The molecular formula is C15H24N4O4S. The lowest BCUT2D eigenvalue weighted by molar-refractivity contribution is -0.130. The number of amides is 2. The van der Waals surface area contributed by atoms with E-state index < -0.39 is 10.0 Å². The minimum Gasteiger partial charge on any atom is -0.348 e. The Labute approximate surface area is 142 Å². The summed E-state index contributed by atoms with van der Waals surface area (Å²) in [5.74, 6) is -0.441. The Morgan fingerprint density at radius 3 is 2.29 bits per heavy atom. The Balaban J connectivity index is 2.78. The fourth-order valence-corrected chi connectivity index (χ4v) is 2.95. The van der Waals surface area contributed by atoms with Crippen molar-refractivity contribution in [2.45, 2.75) is 11.8 Å². The average Bonchev–Trinajstić information content (AvgIpc) is 2.48. The number of likely N-dealkylation sites (N-methyl/N-ethyl adjacent to an activating group) is 2. The topological polar surface area (TPSA) is 98.8 Å². The Kier molecular flexibility index (Phi) is 6.88. The molecule has 1 aromatic rings. The molecule has 0 atom stereocenters. The number of rotatable bonds is 7. The van der Waals surface area contributed by atoms with Crippen molar-refractivity contribution in [1.29, 1.82) is 0 Å². The van der Waals surface area contributed by atoms with Crippen LogP contribution in [0, 0.1) is 6.92 Å². The number of hydrogen-bond acceptors (Lipinski definition) is 5. The Morgan fingerprint density at radius 2 is 1.75 bits per heavy atom. The molecule has 9 heteroatoms. The number of nitrogens with one attached hydrogen (secondary N) is 2. The lowest BCUT2D eigenvalue weighted by Crippen LogP contribution is -2.38. The number of carbonyl (C=O) groups is 2. The molecule has 1 aromatic carbocycles. The van der Waals surface area contributed by atoms with Gasteiger partial charge in [0.15, 0.2) is 0 Å². The Hall–Kier alpha value is -1.97. The molecule has 0 heterocycles. The lowest BCUT2D eigenvalue weighted by atomic mass is 10.2. The van der Waals surface area contributed by atoms with E-state index in [2.05, 4.69) is 10.0 Å². The molecule has 8 nitrogen and oxygen atoms in total. The third-order valence-electron chi connectivity index (χ3n) is 3.35.